The number of aryl methyl sites for hydroxylation is 2. The number of nitrogens with one attached hydrogen (secondary N) is 2. The molecule has 0 aromatic heterocycles. The smallest absolute Gasteiger partial charge is 0.257 e. The van der Waals surface area contributed by atoms with E-state index in [1.165, 1.54) is 5.56 Å². The SMILES string of the molecule is Cc1ccc(CC(=O)N2CCN(CC(=O)Nc3ccccc3C(=O)Nc3cccc(C)c3)CC2)cc1. The predicted molar refractivity (Wildman–Crippen MR) is 142 cm³/mol. The molecule has 3 aromatic carbocycles. The molecule has 4 rings (SSSR count). The van der Waals surface area contributed by atoms with Gasteiger partial charge in [0.1, 0.15) is 0 Å². The second-order valence-corrected chi connectivity index (χ2v) is 9.24. The summed E-state index contributed by atoms with van der Waals surface area (Å²) in [5.74, 6) is -0.362. The zero-order chi connectivity index (χ0) is 25.5. The highest BCUT2D eigenvalue weighted by Gasteiger charge is 2.23. The molecule has 2 N–H and O–H groups in total. The first-order valence-electron chi connectivity index (χ1n) is 12.2. The highest BCUT2D eigenvalue weighted by molar-refractivity contribution is 6.10. The first kappa shape index (κ1) is 25.1. The highest BCUT2D eigenvalue weighted by atomic mass is 16.2. The van der Waals surface area contributed by atoms with Gasteiger partial charge in [0.15, 0.2) is 0 Å². The monoisotopic (exact) mass is 484 g/mol. The molecule has 0 saturated carbocycles. The minimum absolute atomic E-state index is 0.108. The number of para-hydroxylation sites is 1. The predicted octanol–water partition coefficient (Wildman–Crippen LogP) is 3.88. The average Bonchev–Trinajstić information content (AvgIpc) is 2.86. The van der Waals surface area contributed by atoms with Crippen LogP contribution in [0.3, 0.4) is 0 Å². The number of amides is 3. The lowest BCUT2D eigenvalue weighted by Crippen LogP contribution is -2.50. The summed E-state index contributed by atoms with van der Waals surface area (Å²) < 4.78 is 0. The molecule has 7 nitrogen and oxygen atoms in total. The Morgan fingerprint density at radius 1 is 0.778 bits per heavy atom. The summed E-state index contributed by atoms with van der Waals surface area (Å²) in [7, 11) is 0. The molecule has 1 aliphatic rings. The summed E-state index contributed by atoms with van der Waals surface area (Å²) in [5, 5.41) is 5.78. The van der Waals surface area contributed by atoms with Gasteiger partial charge < -0.3 is 15.5 Å². The fourth-order valence-corrected chi connectivity index (χ4v) is 4.25. The van der Waals surface area contributed by atoms with Crippen molar-refractivity contribution < 1.29 is 14.4 Å². The maximum atomic E-state index is 12.9. The largest absolute Gasteiger partial charge is 0.340 e. The van der Waals surface area contributed by atoms with Gasteiger partial charge in [-0.25, -0.2) is 0 Å². The lowest BCUT2D eigenvalue weighted by atomic mass is 10.1. The second-order valence-electron chi connectivity index (χ2n) is 9.24. The molecule has 0 spiro atoms. The van der Waals surface area contributed by atoms with Crippen LogP contribution < -0.4 is 10.6 Å². The van der Waals surface area contributed by atoms with Crippen LogP contribution in [-0.4, -0.2) is 60.2 Å². The van der Waals surface area contributed by atoms with Crippen LogP contribution in [0.5, 0.6) is 0 Å². The number of hydrogen-bond acceptors (Lipinski definition) is 4. The molecular weight excluding hydrogens is 452 g/mol. The van der Waals surface area contributed by atoms with Gasteiger partial charge >= 0.3 is 0 Å². The summed E-state index contributed by atoms with van der Waals surface area (Å²) in [5.41, 5.74) is 4.81. The van der Waals surface area contributed by atoms with Crippen molar-refractivity contribution in [1.29, 1.82) is 0 Å². The molecule has 36 heavy (non-hydrogen) atoms. The Morgan fingerprint density at radius 2 is 1.50 bits per heavy atom. The normalized spacial score (nSPS) is 13.8. The molecule has 1 fully saturated rings. The van der Waals surface area contributed by atoms with Crippen molar-refractivity contribution in [3.63, 3.8) is 0 Å². The van der Waals surface area contributed by atoms with Gasteiger partial charge in [0.25, 0.3) is 5.91 Å². The topological polar surface area (TPSA) is 81.8 Å². The maximum absolute atomic E-state index is 12.9. The molecular formula is C29H32N4O3. The molecule has 0 unspecified atom stereocenters. The Morgan fingerprint density at radius 3 is 2.22 bits per heavy atom. The minimum atomic E-state index is -0.280. The van der Waals surface area contributed by atoms with Crippen molar-refractivity contribution in [2.45, 2.75) is 20.3 Å². The van der Waals surface area contributed by atoms with Crippen molar-refractivity contribution in [2.24, 2.45) is 0 Å². The van der Waals surface area contributed by atoms with Crippen molar-refractivity contribution in [3.05, 3.63) is 95.1 Å². The molecule has 186 valence electrons. The van der Waals surface area contributed by atoms with Gasteiger partial charge in [0, 0.05) is 31.9 Å². The number of carbonyl (C=O) groups excluding carboxylic acids is 3. The fraction of sp³-hybridized carbons (Fsp3) is 0.276. The lowest BCUT2D eigenvalue weighted by molar-refractivity contribution is -0.132. The Hall–Kier alpha value is -3.97. The van der Waals surface area contributed by atoms with E-state index >= 15 is 0 Å². The van der Waals surface area contributed by atoms with Crippen molar-refractivity contribution in [2.75, 3.05) is 43.4 Å². The Bertz CT molecular complexity index is 1230. The van der Waals surface area contributed by atoms with Crippen molar-refractivity contribution in [3.8, 4) is 0 Å². The Labute approximate surface area is 212 Å². The first-order valence-corrected chi connectivity index (χ1v) is 12.2. The third-order valence-corrected chi connectivity index (χ3v) is 6.29. The van der Waals surface area contributed by atoms with E-state index in [-0.39, 0.29) is 24.3 Å². The second kappa shape index (κ2) is 11.6. The molecule has 0 atom stereocenters. The van der Waals surface area contributed by atoms with Crippen LogP contribution in [0, 0.1) is 13.8 Å². The molecule has 0 radical (unpaired) electrons. The number of anilines is 2. The molecule has 0 bridgehead atoms. The third-order valence-electron chi connectivity index (χ3n) is 6.29. The van der Waals surface area contributed by atoms with Gasteiger partial charge in [-0.05, 0) is 49.2 Å². The summed E-state index contributed by atoms with van der Waals surface area (Å²) in [6, 6.07) is 22.6. The molecule has 0 aliphatic carbocycles. The Kier molecular flexibility index (Phi) is 8.13. The number of hydrogen-bond donors (Lipinski definition) is 2. The minimum Gasteiger partial charge on any atom is -0.340 e. The summed E-state index contributed by atoms with van der Waals surface area (Å²) in [6.07, 6.45) is 0.391. The van der Waals surface area contributed by atoms with Gasteiger partial charge in [-0.15, -0.1) is 0 Å². The van der Waals surface area contributed by atoms with E-state index in [0.29, 0.717) is 49.5 Å². The Balaban J connectivity index is 1.28. The van der Waals surface area contributed by atoms with Gasteiger partial charge in [0.2, 0.25) is 11.8 Å². The molecule has 3 aromatic rings. The van der Waals surface area contributed by atoms with E-state index in [1.807, 2.05) is 72.2 Å². The lowest BCUT2D eigenvalue weighted by Gasteiger charge is -2.34. The number of rotatable bonds is 7. The molecule has 1 aliphatic heterocycles. The van der Waals surface area contributed by atoms with E-state index in [0.717, 1.165) is 11.1 Å². The standard InChI is InChI=1S/C29H32N4O3/c1-21-10-12-23(13-11-21)19-28(35)33-16-14-32(15-17-33)20-27(34)31-26-9-4-3-8-25(26)29(36)30-24-7-5-6-22(2)18-24/h3-13,18H,14-17,19-20H2,1-2H3,(H,30,36)(H,31,34). The van der Waals surface area contributed by atoms with E-state index in [4.69, 9.17) is 0 Å². The van der Waals surface area contributed by atoms with E-state index < -0.39 is 0 Å². The molecule has 1 saturated heterocycles. The van der Waals surface area contributed by atoms with Crippen LogP contribution in [0.4, 0.5) is 11.4 Å². The number of nitrogens with zero attached hydrogens (tertiary/aromatic N) is 2. The van der Waals surface area contributed by atoms with E-state index in [2.05, 4.69) is 10.6 Å². The summed E-state index contributed by atoms with van der Waals surface area (Å²) >= 11 is 0. The fourth-order valence-electron chi connectivity index (χ4n) is 4.25. The van der Waals surface area contributed by atoms with Crippen LogP contribution in [0.25, 0.3) is 0 Å². The van der Waals surface area contributed by atoms with Gasteiger partial charge in [-0.1, -0.05) is 54.1 Å². The first-order chi connectivity index (χ1) is 17.4. The van der Waals surface area contributed by atoms with E-state index in [1.54, 1.807) is 24.3 Å². The summed E-state index contributed by atoms with van der Waals surface area (Å²) in [6.45, 7) is 6.63. The quantitative estimate of drug-likeness (QED) is 0.533. The number of carbonyl (C=O) groups is 3. The summed E-state index contributed by atoms with van der Waals surface area (Å²) in [4.78, 5) is 42.2. The van der Waals surface area contributed by atoms with Crippen LogP contribution >= 0.6 is 0 Å². The molecule has 3 amide bonds. The zero-order valence-corrected chi connectivity index (χ0v) is 20.8. The average molecular weight is 485 g/mol. The van der Waals surface area contributed by atoms with Crippen LogP contribution in [0.2, 0.25) is 0 Å². The molecule has 7 heteroatoms. The van der Waals surface area contributed by atoms with E-state index in [9.17, 15) is 14.4 Å². The van der Waals surface area contributed by atoms with Crippen molar-refractivity contribution >= 4 is 29.1 Å². The maximum Gasteiger partial charge on any atom is 0.257 e. The number of benzene rings is 3. The highest BCUT2D eigenvalue weighted by Crippen LogP contribution is 2.18. The van der Waals surface area contributed by atoms with Crippen LogP contribution in [0.1, 0.15) is 27.0 Å². The van der Waals surface area contributed by atoms with Gasteiger partial charge in [-0.2, -0.15) is 0 Å². The van der Waals surface area contributed by atoms with Crippen LogP contribution in [0.15, 0.2) is 72.8 Å². The van der Waals surface area contributed by atoms with Gasteiger partial charge in [-0.3, -0.25) is 19.3 Å². The van der Waals surface area contributed by atoms with Gasteiger partial charge in [0.05, 0.1) is 24.2 Å². The molecule has 1 heterocycles. The van der Waals surface area contributed by atoms with Crippen molar-refractivity contribution in [1.82, 2.24) is 9.80 Å². The third kappa shape index (κ3) is 6.79. The zero-order valence-electron chi connectivity index (χ0n) is 20.8. The number of piperazine rings is 1. The van der Waals surface area contributed by atoms with Crippen LogP contribution in [-0.2, 0) is 16.0 Å².